The first-order valence-corrected chi connectivity index (χ1v) is 7.20. The number of nitrogens with zero attached hydrogens (tertiary/aromatic N) is 2. The maximum absolute atomic E-state index is 9.02. The molecule has 2 unspecified atom stereocenters. The lowest BCUT2D eigenvalue weighted by Crippen LogP contribution is -2.56. The topological polar surface area (TPSA) is 39.1 Å². The zero-order chi connectivity index (χ0) is 13.8. The Labute approximate surface area is 116 Å². The van der Waals surface area contributed by atoms with E-state index in [9.17, 15) is 0 Å². The Hall–Kier alpha value is -1.53. The molecule has 1 saturated heterocycles. The summed E-state index contributed by atoms with van der Waals surface area (Å²) in [6.45, 7) is 8.59. The van der Waals surface area contributed by atoms with Gasteiger partial charge in [0.2, 0.25) is 0 Å². The van der Waals surface area contributed by atoms with E-state index in [2.05, 4.69) is 42.3 Å². The number of piperazine rings is 1. The van der Waals surface area contributed by atoms with Crippen molar-refractivity contribution in [3.05, 3.63) is 29.3 Å². The average Bonchev–Trinajstić information content (AvgIpc) is 2.46. The van der Waals surface area contributed by atoms with E-state index >= 15 is 0 Å². The van der Waals surface area contributed by atoms with Gasteiger partial charge in [0.15, 0.2) is 0 Å². The van der Waals surface area contributed by atoms with Crippen molar-refractivity contribution in [1.29, 1.82) is 5.26 Å². The summed E-state index contributed by atoms with van der Waals surface area (Å²) in [6, 6.07) is 9.55. The average molecular weight is 257 g/mol. The Balaban J connectivity index is 2.26. The number of nitriles is 1. The van der Waals surface area contributed by atoms with Gasteiger partial charge >= 0.3 is 0 Å². The van der Waals surface area contributed by atoms with Gasteiger partial charge < -0.3 is 10.2 Å². The number of hydrogen-bond donors (Lipinski definition) is 1. The van der Waals surface area contributed by atoms with Gasteiger partial charge in [0.25, 0.3) is 0 Å². The molecule has 102 valence electrons. The molecule has 1 aliphatic rings. The quantitative estimate of drug-likeness (QED) is 0.905. The van der Waals surface area contributed by atoms with Crippen molar-refractivity contribution >= 4 is 5.69 Å². The molecule has 1 aromatic rings. The van der Waals surface area contributed by atoms with Crippen LogP contribution in [0.5, 0.6) is 0 Å². The third-order valence-electron chi connectivity index (χ3n) is 4.13. The lowest BCUT2D eigenvalue weighted by atomic mass is 10.0. The van der Waals surface area contributed by atoms with E-state index in [-0.39, 0.29) is 0 Å². The molecule has 0 radical (unpaired) electrons. The van der Waals surface area contributed by atoms with Gasteiger partial charge in [-0.2, -0.15) is 5.26 Å². The summed E-state index contributed by atoms with van der Waals surface area (Å²) >= 11 is 0. The molecule has 0 spiro atoms. The number of anilines is 1. The number of aryl methyl sites for hydroxylation is 1. The lowest BCUT2D eigenvalue weighted by Gasteiger charge is -2.41. The predicted octanol–water partition coefficient (Wildman–Crippen LogP) is 2.83. The first-order chi connectivity index (χ1) is 9.19. The van der Waals surface area contributed by atoms with Crippen LogP contribution in [0.3, 0.4) is 0 Å². The molecular formula is C16H23N3. The normalized spacial score (nSPS) is 23.2. The Bertz CT molecular complexity index is 475. The molecule has 1 fully saturated rings. The van der Waals surface area contributed by atoms with Crippen molar-refractivity contribution in [2.24, 2.45) is 0 Å². The third-order valence-corrected chi connectivity index (χ3v) is 4.13. The van der Waals surface area contributed by atoms with Gasteiger partial charge in [-0.05, 0) is 43.5 Å². The van der Waals surface area contributed by atoms with Crippen LogP contribution in [-0.4, -0.2) is 25.2 Å². The van der Waals surface area contributed by atoms with E-state index in [1.54, 1.807) is 0 Å². The molecule has 0 saturated carbocycles. The molecule has 0 amide bonds. The van der Waals surface area contributed by atoms with Crippen LogP contribution in [0.4, 0.5) is 5.69 Å². The largest absolute Gasteiger partial charge is 0.366 e. The van der Waals surface area contributed by atoms with Gasteiger partial charge in [-0.3, -0.25) is 0 Å². The van der Waals surface area contributed by atoms with Crippen LogP contribution in [0.1, 0.15) is 37.8 Å². The maximum Gasteiger partial charge on any atom is 0.0994 e. The fourth-order valence-corrected chi connectivity index (χ4v) is 2.77. The fraction of sp³-hybridized carbons (Fsp3) is 0.562. The zero-order valence-corrected chi connectivity index (χ0v) is 12.1. The Morgan fingerprint density at radius 1 is 1.37 bits per heavy atom. The molecule has 1 aromatic carbocycles. The third kappa shape index (κ3) is 2.90. The van der Waals surface area contributed by atoms with Crippen LogP contribution in [0, 0.1) is 18.3 Å². The van der Waals surface area contributed by atoms with Gasteiger partial charge in [-0.15, -0.1) is 0 Å². The van der Waals surface area contributed by atoms with E-state index < -0.39 is 0 Å². The van der Waals surface area contributed by atoms with E-state index in [1.165, 1.54) is 5.69 Å². The number of benzene rings is 1. The highest BCUT2D eigenvalue weighted by Crippen LogP contribution is 2.24. The first kappa shape index (κ1) is 13.9. The molecule has 1 heterocycles. The summed E-state index contributed by atoms with van der Waals surface area (Å²) in [5.41, 5.74) is 3.10. The van der Waals surface area contributed by atoms with Gasteiger partial charge in [-0.1, -0.05) is 13.8 Å². The van der Waals surface area contributed by atoms with Crippen LogP contribution in [0.25, 0.3) is 0 Å². The minimum Gasteiger partial charge on any atom is -0.366 e. The summed E-state index contributed by atoms with van der Waals surface area (Å²) < 4.78 is 0. The minimum absolute atomic E-state index is 0.551. The smallest absolute Gasteiger partial charge is 0.0994 e. The molecule has 0 bridgehead atoms. The van der Waals surface area contributed by atoms with Crippen molar-refractivity contribution in [2.45, 2.75) is 45.7 Å². The highest BCUT2D eigenvalue weighted by atomic mass is 15.2. The fourth-order valence-electron chi connectivity index (χ4n) is 2.77. The zero-order valence-electron chi connectivity index (χ0n) is 12.1. The van der Waals surface area contributed by atoms with Crippen LogP contribution < -0.4 is 10.2 Å². The van der Waals surface area contributed by atoms with Crippen LogP contribution in [0.15, 0.2) is 18.2 Å². The standard InChI is InChI=1S/C16H23N3/c1-4-14-11-19(15(5-2)10-18-14)16-7-6-13(9-17)12(3)8-16/h6-8,14-15,18H,4-5,10-11H2,1-3H3. The Morgan fingerprint density at radius 3 is 2.74 bits per heavy atom. The Kier molecular flexibility index (Phi) is 4.44. The monoisotopic (exact) mass is 257 g/mol. The molecule has 2 atom stereocenters. The first-order valence-electron chi connectivity index (χ1n) is 7.20. The highest BCUT2D eigenvalue weighted by molar-refractivity contribution is 5.54. The molecule has 3 heteroatoms. The molecule has 1 aliphatic heterocycles. The van der Waals surface area contributed by atoms with Crippen molar-refractivity contribution < 1.29 is 0 Å². The summed E-state index contributed by atoms with van der Waals surface area (Å²) in [7, 11) is 0. The lowest BCUT2D eigenvalue weighted by molar-refractivity contribution is 0.379. The summed E-state index contributed by atoms with van der Waals surface area (Å²) in [5.74, 6) is 0. The molecular weight excluding hydrogens is 234 g/mol. The van der Waals surface area contributed by atoms with Crippen LogP contribution >= 0.6 is 0 Å². The second kappa shape index (κ2) is 6.08. The van der Waals surface area contributed by atoms with Crippen molar-refractivity contribution in [1.82, 2.24) is 5.32 Å². The van der Waals surface area contributed by atoms with Gasteiger partial charge in [0.1, 0.15) is 0 Å². The highest BCUT2D eigenvalue weighted by Gasteiger charge is 2.26. The van der Waals surface area contributed by atoms with Crippen LogP contribution in [0.2, 0.25) is 0 Å². The van der Waals surface area contributed by atoms with E-state index in [0.29, 0.717) is 12.1 Å². The number of nitrogens with one attached hydrogen (secondary N) is 1. The van der Waals surface area contributed by atoms with Crippen LogP contribution in [-0.2, 0) is 0 Å². The summed E-state index contributed by atoms with van der Waals surface area (Å²) in [6.07, 6.45) is 2.30. The number of hydrogen-bond acceptors (Lipinski definition) is 3. The van der Waals surface area contributed by atoms with Crippen molar-refractivity contribution in [2.75, 3.05) is 18.0 Å². The van der Waals surface area contributed by atoms with E-state index in [4.69, 9.17) is 5.26 Å². The second-order valence-electron chi connectivity index (χ2n) is 5.34. The molecule has 0 aromatic heterocycles. The van der Waals surface area contributed by atoms with E-state index in [1.807, 2.05) is 13.0 Å². The molecule has 0 aliphatic carbocycles. The van der Waals surface area contributed by atoms with E-state index in [0.717, 1.165) is 37.1 Å². The Morgan fingerprint density at radius 2 is 2.16 bits per heavy atom. The van der Waals surface area contributed by atoms with Crippen molar-refractivity contribution in [3.63, 3.8) is 0 Å². The molecule has 19 heavy (non-hydrogen) atoms. The summed E-state index contributed by atoms with van der Waals surface area (Å²) in [4.78, 5) is 2.50. The SMILES string of the molecule is CCC1CN(c2ccc(C#N)c(C)c2)C(CC)CN1. The molecule has 2 rings (SSSR count). The predicted molar refractivity (Wildman–Crippen MR) is 79.4 cm³/mol. The van der Waals surface area contributed by atoms with Gasteiger partial charge in [-0.25, -0.2) is 0 Å². The summed E-state index contributed by atoms with van der Waals surface area (Å²) in [5, 5.41) is 12.6. The van der Waals surface area contributed by atoms with Gasteiger partial charge in [0, 0.05) is 30.9 Å². The number of rotatable bonds is 3. The minimum atomic E-state index is 0.551. The second-order valence-corrected chi connectivity index (χ2v) is 5.34. The van der Waals surface area contributed by atoms with Gasteiger partial charge in [0.05, 0.1) is 11.6 Å². The maximum atomic E-state index is 9.02. The molecule has 1 N–H and O–H groups in total. The molecule has 3 nitrogen and oxygen atoms in total. The van der Waals surface area contributed by atoms with Crippen molar-refractivity contribution in [3.8, 4) is 6.07 Å².